The highest BCUT2D eigenvalue weighted by atomic mass is 35.5. The van der Waals surface area contributed by atoms with E-state index in [2.05, 4.69) is 5.32 Å². The van der Waals surface area contributed by atoms with Gasteiger partial charge in [-0.2, -0.15) is 0 Å². The lowest BCUT2D eigenvalue weighted by atomic mass is 10.0. The normalized spacial score (nSPS) is 14.1. The van der Waals surface area contributed by atoms with Gasteiger partial charge in [-0.3, -0.25) is 13.9 Å². The zero-order valence-corrected chi connectivity index (χ0v) is 27.9. The molecule has 4 aromatic carbocycles. The van der Waals surface area contributed by atoms with Gasteiger partial charge >= 0.3 is 0 Å². The van der Waals surface area contributed by atoms with Gasteiger partial charge in [0.2, 0.25) is 11.8 Å². The van der Waals surface area contributed by atoms with Crippen molar-refractivity contribution in [3.63, 3.8) is 0 Å². The van der Waals surface area contributed by atoms with Gasteiger partial charge in [0.1, 0.15) is 12.6 Å². The molecule has 4 aromatic rings. The van der Waals surface area contributed by atoms with E-state index in [9.17, 15) is 18.0 Å². The van der Waals surface area contributed by atoms with Crippen molar-refractivity contribution in [3.8, 4) is 0 Å². The SMILES string of the molecule is Cc1cccc(N(CC(=O)N(Cc2ccc(Cl)c(Cl)c2)[C@@H](Cc2ccccc2)C(=O)NC2CCCC2)S(=O)(=O)c2ccccc2)c1. The molecule has 7 nitrogen and oxygen atoms in total. The van der Waals surface area contributed by atoms with Gasteiger partial charge in [-0.15, -0.1) is 0 Å². The Hall–Kier alpha value is -3.85. The minimum absolute atomic E-state index is 0.0123. The summed E-state index contributed by atoms with van der Waals surface area (Å²) in [6.45, 7) is 1.35. The highest BCUT2D eigenvalue weighted by Gasteiger charge is 2.35. The van der Waals surface area contributed by atoms with Gasteiger partial charge in [0.25, 0.3) is 10.0 Å². The molecular weight excluding hydrogens is 641 g/mol. The van der Waals surface area contributed by atoms with E-state index in [1.54, 1.807) is 54.6 Å². The number of anilines is 1. The second-order valence-electron chi connectivity index (χ2n) is 11.6. The Morgan fingerprint density at radius 3 is 2.15 bits per heavy atom. The number of aryl methyl sites for hydroxylation is 1. The van der Waals surface area contributed by atoms with Gasteiger partial charge in [-0.05, 0) is 72.9 Å². The van der Waals surface area contributed by atoms with Crippen LogP contribution in [0.5, 0.6) is 0 Å². The molecule has 1 N–H and O–H groups in total. The quantitative estimate of drug-likeness (QED) is 0.172. The smallest absolute Gasteiger partial charge is 0.264 e. The average Bonchev–Trinajstić information content (AvgIpc) is 3.57. The van der Waals surface area contributed by atoms with Crippen LogP contribution in [0, 0.1) is 6.92 Å². The predicted octanol–water partition coefficient (Wildman–Crippen LogP) is 7.20. The van der Waals surface area contributed by atoms with E-state index in [0.717, 1.165) is 41.1 Å². The van der Waals surface area contributed by atoms with Crippen LogP contribution in [0.1, 0.15) is 42.4 Å². The van der Waals surface area contributed by atoms with Crippen molar-refractivity contribution in [1.29, 1.82) is 0 Å². The number of rotatable bonds is 12. The van der Waals surface area contributed by atoms with Gasteiger partial charge in [0, 0.05) is 19.0 Å². The number of nitrogens with zero attached hydrogens (tertiary/aromatic N) is 2. The molecule has 0 radical (unpaired) electrons. The fourth-order valence-electron chi connectivity index (χ4n) is 5.79. The van der Waals surface area contributed by atoms with E-state index < -0.39 is 28.5 Å². The van der Waals surface area contributed by atoms with Crippen LogP contribution in [0.3, 0.4) is 0 Å². The maximum absolute atomic E-state index is 14.6. The van der Waals surface area contributed by atoms with E-state index in [1.807, 2.05) is 43.3 Å². The zero-order chi connectivity index (χ0) is 32.7. The maximum atomic E-state index is 14.6. The van der Waals surface area contributed by atoms with E-state index in [1.165, 1.54) is 17.0 Å². The van der Waals surface area contributed by atoms with Crippen molar-refractivity contribution in [3.05, 3.63) is 130 Å². The minimum atomic E-state index is -4.16. The topological polar surface area (TPSA) is 86.8 Å². The molecule has 0 bridgehead atoms. The Kier molecular flexibility index (Phi) is 11.0. The monoisotopic (exact) mass is 677 g/mol. The highest BCUT2D eigenvalue weighted by molar-refractivity contribution is 7.92. The van der Waals surface area contributed by atoms with Crippen LogP contribution in [0.2, 0.25) is 10.0 Å². The molecule has 46 heavy (non-hydrogen) atoms. The highest BCUT2D eigenvalue weighted by Crippen LogP contribution is 2.28. The van der Waals surface area contributed by atoms with Crippen molar-refractivity contribution < 1.29 is 18.0 Å². The minimum Gasteiger partial charge on any atom is -0.352 e. The second kappa shape index (κ2) is 15.2. The van der Waals surface area contributed by atoms with Crippen LogP contribution in [0.15, 0.2) is 108 Å². The summed E-state index contributed by atoms with van der Waals surface area (Å²) in [5.41, 5.74) is 2.71. The number of halogens is 2. The van der Waals surface area contributed by atoms with Gasteiger partial charge in [-0.25, -0.2) is 8.42 Å². The van der Waals surface area contributed by atoms with Crippen LogP contribution in [0.4, 0.5) is 5.69 Å². The van der Waals surface area contributed by atoms with Crippen LogP contribution in [0.25, 0.3) is 0 Å². The lowest BCUT2D eigenvalue weighted by Crippen LogP contribution is -2.54. The van der Waals surface area contributed by atoms with E-state index >= 15 is 0 Å². The standard InChI is InChI=1S/C36H37Cl2N3O4S/c1-26-11-10-16-30(21-26)41(46(44,45)31-17-6-3-7-18-31)25-35(42)40(24-28-19-20-32(37)33(38)22-28)34(23-27-12-4-2-5-13-27)36(43)39-29-14-8-9-15-29/h2-7,10-13,16-22,29,34H,8-9,14-15,23-25H2,1H3,(H,39,43)/t34-/m0/s1. The molecule has 1 aliphatic rings. The van der Waals surface area contributed by atoms with Gasteiger partial charge in [0.15, 0.2) is 0 Å². The lowest BCUT2D eigenvalue weighted by molar-refractivity contribution is -0.140. The third-order valence-electron chi connectivity index (χ3n) is 8.21. The molecule has 0 unspecified atom stereocenters. The molecule has 0 heterocycles. The summed E-state index contributed by atoms with van der Waals surface area (Å²) < 4.78 is 29.3. The molecule has 0 saturated heterocycles. The van der Waals surface area contributed by atoms with Crippen molar-refractivity contribution in [2.75, 3.05) is 10.8 Å². The summed E-state index contributed by atoms with van der Waals surface area (Å²) in [6, 6.07) is 28.7. The predicted molar refractivity (Wildman–Crippen MR) is 183 cm³/mol. The van der Waals surface area contributed by atoms with Crippen molar-refractivity contribution in [2.24, 2.45) is 0 Å². The second-order valence-corrected chi connectivity index (χ2v) is 14.3. The first-order valence-corrected chi connectivity index (χ1v) is 17.5. The molecular formula is C36H37Cl2N3O4S. The molecule has 240 valence electrons. The Balaban J connectivity index is 1.57. The molecule has 0 aromatic heterocycles. The lowest BCUT2D eigenvalue weighted by Gasteiger charge is -2.34. The first-order chi connectivity index (χ1) is 22.1. The first kappa shape index (κ1) is 33.5. The third kappa shape index (κ3) is 8.29. The number of carbonyl (C=O) groups excluding carboxylic acids is 2. The van der Waals surface area contributed by atoms with Crippen molar-refractivity contribution in [1.82, 2.24) is 10.2 Å². The van der Waals surface area contributed by atoms with Crippen LogP contribution in [-0.2, 0) is 32.6 Å². The molecule has 1 aliphatic carbocycles. The van der Waals surface area contributed by atoms with E-state index in [-0.39, 0.29) is 29.8 Å². The molecule has 0 spiro atoms. The molecule has 1 saturated carbocycles. The number of amides is 2. The van der Waals surface area contributed by atoms with E-state index in [0.29, 0.717) is 21.3 Å². The van der Waals surface area contributed by atoms with E-state index in [4.69, 9.17) is 23.2 Å². The fraction of sp³-hybridized carbons (Fsp3) is 0.278. The number of hydrogen-bond donors (Lipinski definition) is 1. The summed E-state index contributed by atoms with van der Waals surface area (Å²) in [4.78, 5) is 30.2. The third-order valence-corrected chi connectivity index (χ3v) is 10.7. The Labute approximate surface area is 281 Å². The average molecular weight is 679 g/mol. The summed E-state index contributed by atoms with van der Waals surface area (Å²) in [5, 5.41) is 3.86. The Morgan fingerprint density at radius 1 is 0.826 bits per heavy atom. The molecule has 1 atom stereocenters. The van der Waals surface area contributed by atoms with Crippen molar-refractivity contribution in [2.45, 2.75) is 62.6 Å². The number of sulfonamides is 1. The molecule has 2 amide bonds. The molecule has 5 rings (SSSR count). The molecule has 0 aliphatic heterocycles. The number of hydrogen-bond acceptors (Lipinski definition) is 4. The number of carbonyl (C=O) groups is 2. The summed E-state index contributed by atoms with van der Waals surface area (Å²) in [6.07, 6.45) is 4.05. The molecule has 10 heteroatoms. The maximum Gasteiger partial charge on any atom is 0.264 e. The summed E-state index contributed by atoms with van der Waals surface area (Å²) in [7, 11) is -4.16. The van der Waals surface area contributed by atoms with Gasteiger partial charge < -0.3 is 10.2 Å². The molecule has 1 fully saturated rings. The zero-order valence-electron chi connectivity index (χ0n) is 25.6. The summed E-state index contributed by atoms with van der Waals surface area (Å²) >= 11 is 12.6. The van der Waals surface area contributed by atoms with Crippen LogP contribution < -0.4 is 9.62 Å². The van der Waals surface area contributed by atoms with Crippen LogP contribution >= 0.6 is 23.2 Å². The van der Waals surface area contributed by atoms with Gasteiger partial charge in [-0.1, -0.05) is 103 Å². The van der Waals surface area contributed by atoms with Crippen molar-refractivity contribution >= 4 is 50.7 Å². The van der Waals surface area contributed by atoms with Gasteiger partial charge in [0.05, 0.1) is 20.6 Å². The summed E-state index contributed by atoms with van der Waals surface area (Å²) in [5.74, 6) is -0.813. The Bertz CT molecular complexity index is 1760. The number of nitrogens with one attached hydrogen (secondary N) is 1. The largest absolute Gasteiger partial charge is 0.352 e. The Morgan fingerprint density at radius 2 is 1.50 bits per heavy atom. The first-order valence-electron chi connectivity index (χ1n) is 15.3. The number of benzene rings is 4. The van der Waals surface area contributed by atoms with Crippen LogP contribution in [-0.4, -0.2) is 43.8 Å². The fourth-order valence-corrected chi connectivity index (χ4v) is 7.54.